The van der Waals surface area contributed by atoms with Gasteiger partial charge in [-0.2, -0.15) is 6.42 Å². The molecule has 0 saturated carbocycles. The molecule has 0 aromatic rings. The second kappa shape index (κ2) is 776. The Bertz CT molecular complexity index is 82.2. The third kappa shape index (κ3) is 788. The Morgan fingerprint density at radius 2 is 0.179 bits per heavy atom. The van der Waals surface area contributed by atoms with E-state index in [1.54, 1.807) is 0 Å². The molecule has 0 fully saturated rings. The van der Waals surface area contributed by atoms with Gasteiger partial charge in [-0.05, 0) is 0 Å². The molecule has 0 N–H and O–H groups in total. The predicted octanol–water partition coefficient (Wildman–Crippen LogP) is 3.38. The van der Waals surface area contributed by atoms with Crippen LogP contribution in [0.1, 0.15) is 51.9 Å². The number of hydrogen-bond acceptors (Lipinski definition) is 0. The number of rotatable bonds is 6. The molecular formula is C9H19V74W-. The SMILES string of the molecule is [CH2-]CCCCCCCC.[V].[V].[V].[V].[V].[V].[V].[V].[V].[V].[V].[V].[V].[V].[V].[V].[V].[V].[V].[V].[V].[V].[V].[V].[V].[V].[V].[V].[V].[V].[V].[V].[V].[V].[V].[V].[V].[V].[V].[V].[V].[V].[V].[V].[V].[V].[V].[V].[V].[V].[V].[V].[V].[V].[V].[V].[V].[V].[V].[V].[V].[V].[V].[V].[V].[V].[V].[V].[V].[V].[V].[V].[V].[V].[W]. The number of hydrogen-bond donors (Lipinski definition) is 0. The van der Waals surface area contributed by atoms with Crippen molar-refractivity contribution in [2.45, 2.75) is 51.9 Å². The number of unbranched alkanes of at least 4 members (excludes halogenated alkanes) is 6. The van der Waals surface area contributed by atoms with Crippen LogP contribution in [0.4, 0.5) is 0 Å². The van der Waals surface area contributed by atoms with Crippen LogP contribution < -0.4 is 0 Å². The molecular weight excluding hydrogens is 4060 g/mol. The molecule has 0 amide bonds. The summed E-state index contributed by atoms with van der Waals surface area (Å²) >= 11 is 0. The minimum atomic E-state index is 0. The summed E-state index contributed by atoms with van der Waals surface area (Å²) in [4.78, 5) is 0. The van der Waals surface area contributed by atoms with Crippen molar-refractivity contribution in [3.8, 4) is 0 Å². The molecule has 0 aliphatic rings. The van der Waals surface area contributed by atoms with Crippen molar-refractivity contribution in [2.24, 2.45) is 0 Å². The second-order valence-corrected chi connectivity index (χ2v) is 2.62. The smallest absolute Gasteiger partial charge is 0 e. The van der Waals surface area contributed by atoms with E-state index in [-0.39, 0.29) is 1390 Å². The van der Waals surface area contributed by atoms with Gasteiger partial charge in [-0.15, -0.1) is 0 Å². The molecule has 0 rings (SSSR count). The Labute approximate surface area is 1410 Å². The van der Waals surface area contributed by atoms with E-state index >= 15 is 0 Å². The van der Waals surface area contributed by atoms with Crippen LogP contribution in [0.25, 0.3) is 0 Å². The fraction of sp³-hybridized carbons (Fsp3) is 0.889. The molecule has 432 valence electrons. The van der Waals surface area contributed by atoms with E-state index in [0.717, 1.165) is 6.42 Å². The van der Waals surface area contributed by atoms with Crippen LogP contribution >= 0.6 is 0 Å². The van der Waals surface area contributed by atoms with Gasteiger partial charge >= 0.3 is 0 Å². The minimum Gasteiger partial charge on any atom is -0.343 e. The maximum absolute atomic E-state index is 3.80. The fourth-order valence-corrected chi connectivity index (χ4v) is 0.957. The van der Waals surface area contributed by atoms with Crippen molar-refractivity contribution in [2.75, 3.05) is 0 Å². The maximum atomic E-state index is 3.80. The third-order valence-corrected chi connectivity index (χ3v) is 1.60. The van der Waals surface area contributed by atoms with Crippen LogP contribution in [0.2, 0.25) is 0 Å². The zero-order valence-corrected chi connectivity index (χ0v) is 146. The summed E-state index contributed by atoms with van der Waals surface area (Å²) in [6.07, 6.45) is 9.45. The predicted molar refractivity (Wildman–Crippen MR) is 43.4 cm³/mol. The Hall–Kier alpha value is 43.9. The Morgan fingerprint density at radius 1 is 0.119 bits per heavy atom. The van der Waals surface area contributed by atoms with Crippen LogP contribution in [0, 0.1) is 6.92 Å². The fourth-order valence-electron chi connectivity index (χ4n) is 0.957. The minimum absolute atomic E-state index is 0. The molecule has 0 aliphatic heterocycles. The average molecular weight is 4080 g/mol. The van der Waals surface area contributed by atoms with E-state index in [4.69, 9.17) is 0 Å². The van der Waals surface area contributed by atoms with E-state index < -0.39 is 0 Å². The van der Waals surface area contributed by atoms with Crippen molar-refractivity contribution >= 4 is 0 Å². The molecule has 0 aliphatic carbocycles. The molecule has 0 aromatic heterocycles. The topological polar surface area (TPSA) is 0 Å². The summed E-state index contributed by atoms with van der Waals surface area (Å²) in [5.41, 5.74) is 0. The first kappa shape index (κ1) is 764. The van der Waals surface area contributed by atoms with Crippen LogP contribution in [-0.4, -0.2) is 0 Å². The second-order valence-electron chi connectivity index (χ2n) is 2.62. The summed E-state index contributed by atoms with van der Waals surface area (Å²) in [5.74, 6) is 0. The van der Waals surface area contributed by atoms with Gasteiger partial charge in [0.15, 0.2) is 0 Å². The molecule has 84 heavy (non-hydrogen) atoms. The van der Waals surface area contributed by atoms with Crippen LogP contribution in [0.3, 0.4) is 0 Å². The Morgan fingerprint density at radius 3 is 0.238 bits per heavy atom. The van der Waals surface area contributed by atoms with Crippen LogP contribution in [0.15, 0.2) is 0 Å². The van der Waals surface area contributed by atoms with Gasteiger partial charge in [0.05, 0.1) is 0 Å². The van der Waals surface area contributed by atoms with Crippen LogP contribution in [0.5, 0.6) is 0 Å². The van der Waals surface area contributed by atoms with Crippen molar-refractivity contribution in [3.05, 3.63) is 6.92 Å². The van der Waals surface area contributed by atoms with Gasteiger partial charge in [-0.25, -0.2) is 0 Å². The molecule has 0 atom stereocenters. The van der Waals surface area contributed by atoms with Gasteiger partial charge < -0.3 is 6.92 Å². The zero-order chi connectivity index (χ0) is 6.95. The molecule has 0 saturated heterocycles. The van der Waals surface area contributed by atoms with Gasteiger partial charge in [0.25, 0.3) is 0 Å². The summed E-state index contributed by atoms with van der Waals surface area (Å²) in [5, 5.41) is 0. The summed E-state index contributed by atoms with van der Waals surface area (Å²) in [6.45, 7) is 6.05. The molecule has 75 heteroatoms. The van der Waals surface area contributed by atoms with Crippen molar-refractivity contribution < 1.29 is 1390 Å². The van der Waals surface area contributed by atoms with Gasteiger partial charge in [-0.3, -0.25) is 0 Å². The summed E-state index contributed by atoms with van der Waals surface area (Å²) in [7, 11) is 0. The Kier molecular flexibility index (Phi) is 7060. The van der Waals surface area contributed by atoms with E-state index in [9.17, 15) is 0 Å². The van der Waals surface area contributed by atoms with Gasteiger partial charge in [0.2, 0.25) is 0 Å². The van der Waals surface area contributed by atoms with Gasteiger partial charge in [0.1, 0.15) is 0 Å². The summed E-state index contributed by atoms with van der Waals surface area (Å²) in [6, 6.07) is 0. The standard InChI is InChI=1S/C9H19.74V.W/c1-3-5-7-9-8-6-4-2;;;;;;;;;;;;;;;;;;;;;;;;;;;;;;;;;;;;;;;;;;;;;;;;;;;;;;;;;;;;;;;;;;;;;;;;;;;/h1,3-9H2,2H3;;;;;;;;;;;;;;;;;;;;;;;;;;;;;;;;;;;;;;;;;;;;;;;;;;;;;;;;;;;;;;;;;;;;;;;;;;;/q-1;;;;;;;;;;;;;;;;;;;;;;;;;;;;;;;;;;;;;;;;;;;;;;;;;;;;;;;;;;;;;;;;;;;;;;;;;;;. The summed E-state index contributed by atoms with van der Waals surface area (Å²) < 4.78 is 0. The largest absolute Gasteiger partial charge is 0.343 e. The maximum Gasteiger partial charge on any atom is 0 e. The average Bonchev–Trinajstić information content (AvgIpc) is 1.89. The molecule has 74 radical (unpaired) electrons. The first-order valence-electron chi connectivity index (χ1n) is 4.21. The van der Waals surface area contributed by atoms with Crippen molar-refractivity contribution in [1.82, 2.24) is 0 Å². The van der Waals surface area contributed by atoms with E-state index in [0.29, 0.717) is 0 Å². The zero-order valence-electron chi connectivity index (χ0n) is 40.2. The molecule has 0 heterocycles. The van der Waals surface area contributed by atoms with Crippen molar-refractivity contribution in [1.29, 1.82) is 0 Å². The van der Waals surface area contributed by atoms with E-state index in [1.165, 1.54) is 38.5 Å². The molecule has 0 bridgehead atoms. The van der Waals surface area contributed by atoms with Crippen molar-refractivity contribution in [3.63, 3.8) is 0 Å². The molecule has 0 spiro atoms. The van der Waals surface area contributed by atoms with Crippen LogP contribution in [-0.2, 0) is 1390 Å². The molecule has 0 nitrogen and oxygen atoms in total. The Balaban J connectivity index is -0.000000000115. The first-order chi connectivity index (χ1) is 4.41. The third-order valence-electron chi connectivity index (χ3n) is 1.60. The van der Waals surface area contributed by atoms with Gasteiger partial charge in [-0.1, -0.05) is 45.4 Å². The first-order valence-corrected chi connectivity index (χ1v) is 4.21. The van der Waals surface area contributed by atoms with E-state index in [1.807, 2.05) is 0 Å². The molecule has 0 aromatic carbocycles. The molecule has 0 unspecified atom stereocenters. The monoisotopic (exact) mass is 4080 g/mol. The normalized spacial score (nSPS) is 1.07. The quantitative estimate of drug-likeness (QED) is 0.283. The van der Waals surface area contributed by atoms with E-state index in [2.05, 4.69) is 13.8 Å². The van der Waals surface area contributed by atoms with Gasteiger partial charge in [0, 0.05) is 1390 Å².